The first-order chi connectivity index (χ1) is 15.5. The van der Waals surface area contributed by atoms with Crippen LogP contribution in [0.15, 0.2) is 78.9 Å². The first-order valence-electron chi connectivity index (χ1n) is 11.0. The second-order valence-corrected chi connectivity index (χ2v) is 8.07. The van der Waals surface area contributed by atoms with Crippen LogP contribution >= 0.6 is 0 Å². The molecule has 0 spiro atoms. The number of rotatable bonds is 8. The highest BCUT2D eigenvalue weighted by Crippen LogP contribution is 2.35. The summed E-state index contributed by atoms with van der Waals surface area (Å²) in [5.74, 6) is -0.202. The number of nitrogens with zero attached hydrogens (tertiary/aromatic N) is 1. The predicted octanol–water partition coefficient (Wildman–Crippen LogP) is 6.37. The largest absolute Gasteiger partial charge is 0.393 e. The number of fused-ring (bicyclic) bond motifs is 1. The molecular formula is C28H26FNO2. The lowest BCUT2D eigenvalue weighted by molar-refractivity contribution is -0.119. The van der Waals surface area contributed by atoms with Gasteiger partial charge in [-0.15, -0.1) is 0 Å². The van der Waals surface area contributed by atoms with Gasteiger partial charge >= 0.3 is 0 Å². The third-order valence-corrected chi connectivity index (χ3v) is 5.72. The number of ketones is 1. The van der Waals surface area contributed by atoms with E-state index in [4.69, 9.17) is 4.98 Å². The number of hydrogen-bond acceptors (Lipinski definition) is 3. The second kappa shape index (κ2) is 9.84. The predicted molar refractivity (Wildman–Crippen MR) is 127 cm³/mol. The fraction of sp³-hybridized carbons (Fsp3) is 0.214. The lowest BCUT2D eigenvalue weighted by Gasteiger charge is -2.13. The van der Waals surface area contributed by atoms with Gasteiger partial charge in [-0.3, -0.25) is 4.79 Å². The van der Waals surface area contributed by atoms with Gasteiger partial charge in [0, 0.05) is 34.9 Å². The molecule has 32 heavy (non-hydrogen) atoms. The first kappa shape index (κ1) is 21.8. The van der Waals surface area contributed by atoms with Crippen molar-refractivity contribution in [2.75, 3.05) is 0 Å². The number of pyridine rings is 1. The Balaban J connectivity index is 1.74. The van der Waals surface area contributed by atoms with Gasteiger partial charge in [0.1, 0.15) is 11.6 Å². The smallest absolute Gasteiger partial charge is 0.137 e. The molecule has 4 aromatic rings. The molecule has 4 heteroatoms. The van der Waals surface area contributed by atoms with Gasteiger partial charge in [0.05, 0.1) is 17.3 Å². The van der Waals surface area contributed by atoms with Crippen LogP contribution in [0.1, 0.15) is 31.7 Å². The van der Waals surface area contributed by atoms with Crippen molar-refractivity contribution in [3.8, 4) is 22.4 Å². The van der Waals surface area contributed by atoms with Gasteiger partial charge in [-0.1, -0.05) is 61.5 Å². The highest BCUT2D eigenvalue weighted by Gasteiger charge is 2.15. The molecule has 1 N–H and O–H groups in total. The first-order valence-corrected chi connectivity index (χ1v) is 11.0. The van der Waals surface area contributed by atoms with Crippen molar-refractivity contribution in [1.29, 1.82) is 0 Å². The van der Waals surface area contributed by atoms with Crippen molar-refractivity contribution < 1.29 is 14.3 Å². The molecule has 0 aliphatic carbocycles. The van der Waals surface area contributed by atoms with E-state index in [0.29, 0.717) is 31.2 Å². The molecule has 4 rings (SSSR count). The summed E-state index contributed by atoms with van der Waals surface area (Å²) >= 11 is 0. The Morgan fingerprint density at radius 3 is 2.47 bits per heavy atom. The lowest BCUT2D eigenvalue weighted by atomic mass is 9.95. The summed E-state index contributed by atoms with van der Waals surface area (Å²) in [6, 6.07) is 24.2. The van der Waals surface area contributed by atoms with Crippen LogP contribution in [0.25, 0.3) is 33.3 Å². The number of aliphatic hydroxyl groups is 1. The Morgan fingerprint density at radius 2 is 1.72 bits per heavy atom. The minimum Gasteiger partial charge on any atom is -0.393 e. The molecular weight excluding hydrogens is 401 g/mol. The maximum absolute atomic E-state index is 14.7. The summed E-state index contributed by atoms with van der Waals surface area (Å²) < 4.78 is 14.7. The van der Waals surface area contributed by atoms with Crippen molar-refractivity contribution in [3.63, 3.8) is 0 Å². The molecule has 1 atom stereocenters. The number of halogens is 1. The van der Waals surface area contributed by atoms with Crippen molar-refractivity contribution in [1.82, 2.24) is 4.98 Å². The average Bonchev–Trinajstić information content (AvgIpc) is 2.82. The minimum atomic E-state index is -0.431. The number of carbonyl (C=O) groups excluding carboxylic acids is 1. The van der Waals surface area contributed by atoms with E-state index in [0.717, 1.165) is 33.3 Å². The van der Waals surface area contributed by atoms with Gasteiger partial charge in [0.25, 0.3) is 0 Å². The zero-order valence-electron chi connectivity index (χ0n) is 18.1. The van der Waals surface area contributed by atoms with Crippen LogP contribution in [-0.4, -0.2) is 22.0 Å². The number of benzene rings is 3. The zero-order valence-corrected chi connectivity index (χ0v) is 18.1. The Bertz CT molecular complexity index is 1240. The monoisotopic (exact) mass is 427 g/mol. The molecule has 162 valence electrons. The number of aliphatic hydroxyl groups excluding tert-OH is 1. The van der Waals surface area contributed by atoms with Crippen LogP contribution in [-0.2, 0) is 11.2 Å². The molecule has 0 saturated heterocycles. The van der Waals surface area contributed by atoms with Crippen LogP contribution in [0, 0.1) is 5.82 Å². The Hall–Kier alpha value is -3.37. The van der Waals surface area contributed by atoms with Crippen LogP contribution in [0.2, 0.25) is 0 Å². The van der Waals surface area contributed by atoms with E-state index in [9.17, 15) is 14.3 Å². The standard InChI is InChI=1S/C28H26FNO2/c1-2-22(31)13-14-23(32)17-19-12-15-27-21(16-19)18-25(24-10-6-7-11-26(24)29)28(30-27)20-8-4-3-5-9-20/h3-12,15-16,18,22,31H,2,13-14,17H2,1H3. The number of Topliss-reactive ketones (excluding diaryl/α,β-unsaturated/α-hetero) is 1. The molecule has 3 nitrogen and oxygen atoms in total. The van der Waals surface area contributed by atoms with Crippen LogP contribution in [0.5, 0.6) is 0 Å². The number of hydrogen-bond donors (Lipinski definition) is 1. The minimum absolute atomic E-state index is 0.0973. The van der Waals surface area contributed by atoms with Crippen LogP contribution in [0.4, 0.5) is 4.39 Å². The highest BCUT2D eigenvalue weighted by molar-refractivity contribution is 5.92. The second-order valence-electron chi connectivity index (χ2n) is 8.07. The summed E-state index contributed by atoms with van der Waals surface area (Å²) in [6.07, 6.45) is 1.37. The topological polar surface area (TPSA) is 50.2 Å². The Labute approximate surface area is 187 Å². The third kappa shape index (κ3) is 4.92. The van der Waals surface area contributed by atoms with E-state index in [1.54, 1.807) is 12.1 Å². The van der Waals surface area contributed by atoms with Gasteiger partial charge in [0.15, 0.2) is 0 Å². The molecule has 0 amide bonds. The van der Waals surface area contributed by atoms with Crippen molar-refractivity contribution in [2.24, 2.45) is 0 Å². The highest BCUT2D eigenvalue weighted by atomic mass is 19.1. The maximum atomic E-state index is 14.7. The molecule has 1 heterocycles. The maximum Gasteiger partial charge on any atom is 0.137 e. The van der Waals surface area contributed by atoms with E-state index in [1.807, 2.05) is 67.6 Å². The Morgan fingerprint density at radius 1 is 0.969 bits per heavy atom. The van der Waals surface area contributed by atoms with E-state index in [1.165, 1.54) is 6.07 Å². The summed E-state index contributed by atoms with van der Waals surface area (Å²) in [4.78, 5) is 17.2. The molecule has 0 fully saturated rings. The molecule has 0 aliphatic rings. The van der Waals surface area contributed by atoms with E-state index >= 15 is 0 Å². The van der Waals surface area contributed by atoms with Crippen molar-refractivity contribution in [3.05, 3.63) is 90.2 Å². The Kier molecular flexibility index (Phi) is 6.72. The van der Waals surface area contributed by atoms with Gasteiger partial charge in [0.2, 0.25) is 0 Å². The molecule has 0 saturated carbocycles. The van der Waals surface area contributed by atoms with Gasteiger partial charge in [-0.2, -0.15) is 0 Å². The average molecular weight is 428 g/mol. The fourth-order valence-electron chi connectivity index (χ4n) is 3.88. The quantitative estimate of drug-likeness (QED) is 0.355. The summed E-state index contributed by atoms with van der Waals surface area (Å²) in [6.45, 7) is 1.91. The molecule has 0 radical (unpaired) electrons. The molecule has 3 aromatic carbocycles. The van der Waals surface area contributed by atoms with E-state index < -0.39 is 6.10 Å². The zero-order chi connectivity index (χ0) is 22.5. The normalized spacial score (nSPS) is 12.1. The number of carbonyl (C=O) groups is 1. The van der Waals surface area contributed by atoms with Gasteiger partial charge in [-0.25, -0.2) is 9.37 Å². The van der Waals surface area contributed by atoms with E-state index in [2.05, 4.69) is 0 Å². The molecule has 0 aliphatic heterocycles. The van der Waals surface area contributed by atoms with Gasteiger partial charge in [-0.05, 0) is 42.7 Å². The van der Waals surface area contributed by atoms with Crippen molar-refractivity contribution >= 4 is 16.7 Å². The number of aromatic nitrogens is 1. The fourth-order valence-corrected chi connectivity index (χ4v) is 3.88. The molecule has 1 aromatic heterocycles. The molecule has 0 bridgehead atoms. The van der Waals surface area contributed by atoms with Crippen molar-refractivity contribution in [2.45, 2.75) is 38.7 Å². The van der Waals surface area contributed by atoms with Crippen LogP contribution in [0.3, 0.4) is 0 Å². The SMILES string of the molecule is CCC(O)CCC(=O)Cc1ccc2nc(-c3ccccc3)c(-c3ccccc3F)cc2c1. The summed E-state index contributed by atoms with van der Waals surface area (Å²) in [5.41, 5.74) is 4.54. The molecule has 1 unspecified atom stereocenters. The lowest BCUT2D eigenvalue weighted by Crippen LogP contribution is -2.10. The summed E-state index contributed by atoms with van der Waals surface area (Å²) in [7, 11) is 0. The summed E-state index contributed by atoms with van der Waals surface area (Å²) in [5, 5.41) is 10.6. The van der Waals surface area contributed by atoms with Gasteiger partial charge < -0.3 is 5.11 Å². The van der Waals surface area contributed by atoms with E-state index in [-0.39, 0.29) is 11.6 Å². The van der Waals surface area contributed by atoms with Crippen LogP contribution < -0.4 is 0 Å². The third-order valence-electron chi connectivity index (χ3n) is 5.72.